The predicted molar refractivity (Wildman–Crippen MR) is 70.7 cm³/mol. The average molecular weight is 344 g/mol. The quantitative estimate of drug-likeness (QED) is 0.860. The molecule has 0 bridgehead atoms. The van der Waals surface area contributed by atoms with Gasteiger partial charge in [-0.05, 0) is 12.1 Å². The minimum Gasteiger partial charge on any atom is -0.307 e. The summed E-state index contributed by atoms with van der Waals surface area (Å²) in [4.78, 5) is 7.96. The first-order valence-electron chi connectivity index (χ1n) is 5.89. The fourth-order valence-electron chi connectivity index (χ4n) is 2.13. The minimum atomic E-state index is -4.47. The van der Waals surface area contributed by atoms with Crippen LogP contribution in [0.25, 0.3) is 11.4 Å². The minimum absolute atomic E-state index is 0.104. The van der Waals surface area contributed by atoms with Gasteiger partial charge in [0, 0.05) is 28.7 Å². The highest BCUT2D eigenvalue weighted by atomic mass is 79.9. The first kappa shape index (κ1) is 13.5. The zero-order valence-electron chi connectivity index (χ0n) is 10.1. The average Bonchev–Trinajstić information content (AvgIpc) is 2.85. The van der Waals surface area contributed by atoms with Gasteiger partial charge in [0.25, 0.3) is 0 Å². The number of fused-ring (bicyclic) bond motifs is 1. The second-order valence-corrected chi connectivity index (χ2v) is 5.34. The van der Waals surface area contributed by atoms with Crippen LogP contribution < -0.4 is 5.32 Å². The van der Waals surface area contributed by atoms with Crippen molar-refractivity contribution in [2.45, 2.75) is 19.3 Å². The molecule has 1 aliphatic heterocycles. The number of aromatic nitrogens is 2. The first-order chi connectivity index (χ1) is 9.45. The number of halogens is 4. The third-order valence-corrected chi connectivity index (χ3v) is 3.59. The van der Waals surface area contributed by atoms with Gasteiger partial charge in [-0.1, -0.05) is 28.1 Å². The molecule has 1 aromatic heterocycles. The zero-order valence-corrected chi connectivity index (χ0v) is 11.7. The molecule has 0 unspecified atom stereocenters. The Hall–Kier alpha value is -1.47. The molecule has 104 valence electrons. The molecule has 0 saturated carbocycles. The van der Waals surface area contributed by atoms with Crippen LogP contribution in [-0.4, -0.2) is 9.97 Å². The molecule has 20 heavy (non-hydrogen) atoms. The molecule has 0 amide bonds. The Balaban J connectivity index is 2.16. The van der Waals surface area contributed by atoms with E-state index in [-0.39, 0.29) is 17.9 Å². The highest BCUT2D eigenvalue weighted by Crippen LogP contribution is 2.34. The van der Waals surface area contributed by atoms with Gasteiger partial charge in [-0.2, -0.15) is 13.2 Å². The predicted octanol–water partition coefficient (Wildman–Crippen LogP) is 3.53. The van der Waals surface area contributed by atoms with Crippen molar-refractivity contribution in [3.63, 3.8) is 0 Å². The number of alkyl halides is 3. The van der Waals surface area contributed by atoms with Crippen molar-refractivity contribution in [2.24, 2.45) is 0 Å². The van der Waals surface area contributed by atoms with Crippen molar-refractivity contribution in [2.75, 3.05) is 0 Å². The largest absolute Gasteiger partial charge is 0.433 e. The van der Waals surface area contributed by atoms with E-state index in [0.29, 0.717) is 17.8 Å². The smallest absolute Gasteiger partial charge is 0.307 e. The summed E-state index contributed by atoms with van der Waals surface area (Å²) in [6.07, 6.45) is -4.47. The summed E-state index contributed by atoms with van der Waals surface area (Å²) >= 11 is 3.28. The number of hydrogen-bond acceptors (Lipinski definition) is 3. The summed E-state index contributed by atoms with van der Waals surface area (Å²) in [5.41, 5.74) is 0.294. The Morgan fingerprint density at radius 1 is 1.05 bits per heavy atom. The zero-order chi connectivity index (χ0) is 14.3. The van der Waals surface area contributed by atoms with E-state index in [0.717, 1.165) is 4.47 Å². The molecule has 0 aliphatic carbocycles. The maximum Gasteiger partial charge on any atom is 0.433 e. The van der Waals surface area contributed by atoms with Crippen LogP contribution in [0, 0.1) is 0 Å². The van der Waals surface area contributed by atoms with Gasteiger partial charge in [0.2, 0.25) is 0 Å². The number of nitrogens with one attached hydrogen (secondary N) is 1. The monoisotopic (exact) mass is 343 g/mol. The number of benzene rings is 1. The highest BCUT2D eigenvalue weighted by Gasteiger charge is 2.38. The van der Waals surface area contributed by atoms with Gasteiger partial charge in [-0.25, -0.2) is 9.97 Å². The molecule has 1 aromatic carbocycles. The van der Waals surface area contributed by atoms with E-state index in [2.05, 4.69) is 31.2 Å². The fourth-order valence-corrected chi connectivity index (χ4v) is 2.40. The Bertz CT molecular complexity index is 653. The van der Waals surface area contributed by atoms with Crippen molar-refractivity contribution < 1.29 is 13.2 Å². The molecule has 0 fully saturated rings. The molecular formula is C13H9BrF3N3. The lowest BCUT2D eigenvalue weighted by atomic mass is 10.1. The maximum atomic E-state index is 13.1. The van der Waals surface area contributed by atoms with Gasteiger partial charge in [-0.3, -0.25) is 0 Å². The van der Waals surface area contributed by atoms with Gasteiger partial charge >= 0.3 is 6.18 Å². The third-order valence-electron chi connectivity index (χ3n) is 3.06. The van der Waals surface area contributed by atoms with Gasteiger partial charge in [0.15, 0.2) is 11.5 Å². The van der Waals surface area contributed by atoms with Crippen molar-refractivity contribution >= 4 is 15.9 Å². The van der Waals surface area contributed by atoms with Crippen LogP contribution in [-0.2, 0) is 19.3 Å². The molecule has 1 aliphatic rings. The standard InChI is InChI=1S/C13H9BrF3N3/c14-8-3-1-7(2-4-8)12-19-10-6-18-5-9(10)11(20-12)13(15,16)17/h1-4,18H,5-6H2. The van der Waals surface area contributed by atoms with E-state index in [4.69, 9.17) is 0 Å². The molecule has 7 heteroatoms. The molecule has 0 atom stereocenters. The molecular weight excluding hydrogens is 335 g/mol. The van der Waals surface area contributed by atoms with Crippen molar-refractivity contribution in [1.82, 2.24) is 15.3 Å². The van der Waals surface area contributed by atoms with Crippen molar-refractivity contribution in [3.8, 4) is 11.4 Å². The highest BCUT2D eigenvalue weighted by molar-refractivity contribution is 9.10. The molecule has 0 spiro atoms. The third kappa shape index (κ3) is 2.43. The second-order valence-electron chi connectivity index (χ2n) is 4.43. The van der Waals surface area contributed by atoms with E-state index >= 15 is 0 Å². The lowest BCUT2D eigenvalue weighted by Gasteiger charge is -2.12. The van der Waals surface area contributed by atoms with Gasteiger partial charge < -0.3 is 5.32 Å². The van der Waals surface area contributed by atoms with Crippen LogP contribution in [0.4, 0.5) is 13.2 Å². The normalized spacial score (nSPS) is 14.4. The van der Waals surface area contributed by atoms with E-state index in [1.165, 1.54) is 0 Å². The van der Waals surface area contributed by atoms with Crippen LogP contribution >= 0.6 is 15.9 Å². The number of nitrogens with zero attached hydrogens (tertiary/aromatic N) is 2. The summed E-state index contributed by atoms with van der Waals surface area (Å²) in [6, 6.07) is 6.87. The van der Waals surface area contributed by atoms with E-state index in [1.54, 1.807) is 24.3 Å². The summed E-state index contributed by atoms with van der Waals surface area (Å²) in [7, 11) is 0. The molecule has 2 heterocycles. The molecule has 0 saturated heterocycles. The molecule has 3 nitrogen and oxygen atoms in total. The summed E-state index contributed by atoms with van der Waals surface area (Å²) in [6.45, 7) is 0.495. The van der Waals surface area contributed by atoms with Crippen molar-refractivity contribution in [1.29, 1.82) is 0 Å². The Labute approximate surface area is 121 Å². The molecule has 3 rings (SSSR count). The Morgan fingerprint density at radius 3 is 2.40 bits per heavy atom. The van der Waals surface area contributed by atoms with E-state index < -0.39 is 11.9 Å². The van der Waals surface area contributed by atoms with Gasteiger partial charge in [-0.15, -0.1) is 0 Å². The lowest BCUT2D eigenvalue weighted by Crippen LogP contribution is -2.14. The van der Waals surface area contributed by atoms with Gasteiger partial charge in [0.05, 0.1) is 5.69 Å². The van der Waals surface area contributed by atoms with E-state index in [1.807, 2.05) is 0 Å². The lowest BCUT2D eigenvalue weighted by molar-refractivity contribution is -0.141. The first-order valence-corrected chi connectivity index (χ1v) is 6.68. The van der Waals surface area contributed by atoms with Crippen LogP contribution in [0.1, 0.15) is 17.0 Å². The summed E-state index contributed by atoms with van der Waals surface area (Å²) in [5, 5.41) is 2.88. The molecule has 2 aromatic rings. The summed E-state index contributed by atoms with van der Waals surface area (Å²) in [5.74, 6) is 0.104. The van der Waals surface area contributed by atoms with Crippen molar-refractivity contribution in [3.05, 3.63) is 45.7 Å². The Kier molecular flexibility index (Phi) is 3.25. The van der Waals surface area contributed by atoms with Gasteiger partial charge in [0.1, 0.15) is 0 Å². The second kappa shape index (κ2) is 4.82. The fraction of sp³-hybridized carbons (Fsp3) is 0.231. The van der Waals surface area contributed by atoms with Crippen LogP contribution in [0.2, 0.25) is 0 Å². The number of rotatable bonds is 1. The topological polar surface area (TPSA) is 37.8 Å². The SMILES string of the molecule is FC(F)(F)c1nc(-c2ccc(Br)cc2)nc2c1CNC2. The molecule has 1 N–H and O–H groups in total. The Morgan fingerprint density at radius 2 is 1.75 bits per heavy atom. The molecule has 0 radical (unpaired) electrons. The van der Waals surface area contributed by atoms with Crippen LogP contribution in [0.5, 0.6) is 0 Å². The van der Waals surface area contributed by atoms with Crippen LogP contribution in [0.15, 0.2) is 28.7 Å². The number of hydrogen-bond donors (Lipinski definition) is 1. The van der Waals surface area contributed by atoms with Crippen LogP contribution in [0.3, 0.4) is 0 Å². The maximum absolute atomic E-state index is 13.1. The summed E-state index contributed by atoms with van der Waals surface area (Å²) < 4.78 is 40.1. The van der Waals surface area contributed by atoms with E-state index in [9.17, 15) is 13.2 Å².